The van der Waals surface area contributed by atoms with Gasteiger partial charge in [-0.25, -0.2) is 11.1 Å². The maximum Gasteiger partial charge on any atom is 1.00 e. The molecule has 1 atom stereocenters. The van der Waals surface area contributed by atoms with Gasteiger partial charge in [-0.05, 0) is 65.5 Å². The Morgan fingerprint density at radius 2 is 1.81 bits per heavy atom. The Morgan fingerprint density at radius 3 is 2.51 bits per heavy atom. The van der Waals surface area contributed by atoms with Crippen LogP contribution >= 0.6 is 11.5 Å². The van der Waals surface area contributed by atoms with Crippen LogP contribution in [0.15, 0.2) is 66.7 Å². The van der Waals surface area contributed by atoms with E-state index < -0.39 is 11.5 Å². The molecule has 1 saturated carbocycles. The van der Waals surface area contributed by atoms with Crippen LogP contribution in [0.4, 0.5) is 10.5 Å². The number of anilines is 1. The van der Waals surface area contributed by atoms with Gasteiger partial charge in [0.1, 0.15) is 6.10 Å². The third-order valence-electron chi connectivity index (χ3n) is 6.14. The van der Waals surface area contributed by atoms with Crippen molar-refractivity contribution in [3.63, 3.8) is 0 Å². The molecule has 3 aromatic carbocycles. The number of carbonyl (C=O) groups excluding carboxylic acids is 2. The summed E-state index contributed by atoms with van der Waals surface area (Å²) < 4.78 is 10.0. The summed E-state index contributed by atoms with van der Waals surface area (Å²) in [7, 11) is 0. The van der Waals surface area contributed by atoms with Crippen LogP contribution in [-0.2, 0) is 9.53 Å². The van der Waals surface area contributed by atoms with Crippen molar-refractivity contribution in [3.8, 4) is 22.3 Å². The molecular formula is C29H24N2NaO4S-. The van der Waals surface area contributed by atoms with Crippen LogP contribution in [0.5, 0.6) is 0 Å². The van der Waals surface area contributed by atoms with Crippen LogP contribution in [0.1, 0.15) is 42.7 Å². The SMILES string of the molecule is Cc1nsc(-c2ccc3cc(C#CC4([C-]=O)CC4)ccc3c2)c1NC(=O)O[C@H](C)c1ccccc1.[Na+].[OH-]. The molecule has 6 nitrogen and oxygen atoms in total. The Bertz CT molecular complexity index is 1490. The van der Waals surface area contributed by atoms with E-state index in [4.69, 9.17) is 4.74 Å². The molecule has 0 spiro atoms. The minimum absolute atomic E-state index is 0. The number of hydrogen-bond acceptors (Lipinski definition) is 6. The van der Waals surface area contributed by atoms with Gasteiger partial charge < -0.3 is 15.0 Å². The molecule has 1 heterocycles. The first kappa shape index (κ1) is 28.6. The molecule has 5 rings (SSSR count). The zero-order chi connectivity index (χ0) is 24.4. The largest absolute Gasteiger partial charge is 1.00 e. The van der Waals surface area contributed by atoms with E-state index in [1.807, 2.05) is 74.5 Å². The third kappa shape index (κ3) is 6.48. The van der Waals surface area contributed by atoms with Gasteiger partial charge in [0, 0.05) is 5.56 Å². The monoisotopic (exact) mass is 519 g/mol. The van der Waals surface area contributed by atoms with Crippen molar-refractivity contribution in [1.82, 2.24) is 4.37 Å². The maximum atomic E-state index is 12.6. The van der Waals surface area contributed by atoms with Gasteiger partial charge in [-0.1, -0.05) is 72.7 Å². The van der Waals surface area contributed by atoms with Gasteiger partial charge in [-0.15, -0.1) is 5.92 Å². The quantitative estimate of drug-likeness (QED) is 0.247. The normalized spacial score (nSPS) is 13.7. The first-order chi connectivity index (χ1) is 17.0. The summed E-state index contributed by atoms with van der Waals surface area (Å²) in [5, 5.41) is 4.99. The molecule has 1 aliphatic rings. The van der Waals surface area contributed by atoms with Crippen molar-refractivity contribution in [3.05, 3.63) is 83.6 Å². The summed E-state index contributed by atoms with van der Waals surface area (Å²) in [6.07, 6.45) is 2.76. The van der Waals surface area contributed by atoms with Crippen molar-refractivity contribution in [2.75, 3.05) is 5.32 Å². The minimum Gasteiger partial charge on any atom is -0.870 e. The van der Waals surface area contributed by atoms with E-state index in [-0.39, 0.29) is 41.1 Å². The van der Waals surface area contributed by atoms with Crippen molar-refractivity contribution >= 4 is 40.4 Å². The minimum atomic E-state index is -0.549. The second-order valence-electron chi connectivity index (χ2n) is 8.77. The Kier molecular flexibility index (Phi) is 9.30. The van der Waals surface area contributed by atoms with Crippen molar-refractivity contribution in [2.24, 2.45) is 5.41 Å². The Morgan fingerprint density at radius 1 is 1.11 bits per heavy atom. The van der Waals surface area contributed by atoms with Crippen molar-refractivity contribution in [2.45, 2.75) is 32.8 Å². The first-order valence-electron chi connectivity index (χ1n) is 11.4. The topological polar surface area (TPSA) is 98.3 Å². The fourth-order valence-corrected chi connectivity index (χ4v) is 4.67. The number of rotatable bonds is 5. The number of carbonyl (C=O) groups is 1. The second kappa shape index (κ2) is 12.0. The molecule has 8 heteroatoms. The van der Waals surface area contributed by atoms with Crippen molar-refractivity contribution in [1.29, 1.82) is 0 Å². The van der Waals surface area contributed by atoms with Gasteiger partial charge in [0.25, 0.3) is 0 Å². The number of nitrogens with one attached hydrogen (secondary N) is 1. The number of aryl methyl sites for hydroxylation is 1. The van der Waals surface area contributed by atoms with Gasteiger partial charge in [-0.2, -0.15) is 4.37 Å². The smallest absolute Gasteiger partial charge is 0.870 e. The van der Waals surface area contributed by atoms with Crippen LogP contribution in [0, 0.1) is 24.2 Å². The maximum absolute atomic E-state index is 12.6. The molecule has 1 aromatic heterocycles. The summed E-state index contributed by atoms with van der Waals surface area (Å²) in [5.41, 5.74) is 3.60. The molecule has 1 amide bonds. The van der Waals surface area contributed by atoms with Gasteiger partial charge in [0.05, 0.1) is 16.3 Å². The van der Waals surface area contributed by atoms with Gasteiger partial charge in [0.15, 0.2) is 0 Å². The second-order valence-corrected chi connectivity index (χ2v) is 9.54. The number of ether oxygens (including phenoxy) is 1. The Hall–Kier alpha value is -2.99. The van der Waals surface area contributed by atoms with E-state index in [9.17, 15) is 9.59 Å². The number of amides is 1. The number of aromatic nitrogens is 1. The summed E-state index contributed by atoms with van der Waals surface area (Å²) >= 11 is 1.34. The number of benzene rings is 3. The number of hydrogen-bond donors (Lipinski definition) is 1. The summed E-state index contributed by atoms with van der Waals surface area (Å²) in [5.74, 6) is 6.17. The van der Waals surface area contributed by atoms with E-state index in [0.717, 1.165) is 50.9 Å². The molecule has 1 aliphatic carbocycles. The van der Waals surface area contributed by atoms with Crippen LogP contribution in [0.3, 0.4) is 0 Å². The van der Waals surface area contributed by atoms with E-state index in [1.54, 1.807) is 0 Å². The molecule has 0 bridgehead atoms. The molecule has 0 radical (unpaired) electrons. The summed E-state index contributed by atoms with van der Waals surface area (Å²) in [6.45, 7) is 3.71. The Balaban J connectivity index is 0.00000190. The van der Waals surface area contributed by atoms with Crippen LogP contribution in [0.25, 0.3) is 21.2 Å². The van der Waals surface area contributed by atoms with E-state index in [2.05, 4.69) is 33.9 Å². The van der Waals surface area contributed by atoms with Crippen LogP contribution in [-0.4, -0.2) is 22.2 Å². The van der Waals surface area contributed by atoms with Gasteiger partial charge >= 0.3 is 35.7 Å². The fourth-order valence-electron chi connectivity index (χ4n) is 3.83. The molecule has 4 aromatic rings. The molecule has 0 aliphatic heterocycles. The predicted molar refractivity (Wildman–Crippen MR) is 141 cm³/mol. The third-order valence-corrected chi connectivity index (χ3v) is 7.12. The zero-order valence-corrected chi connectivity index (χ0v) is 23.7. The molecule has 1 fully saturated rings. The van der Waals surface area contributed by atoms with Crippen LogP contribution < -0.4 is 34.9 Å². The standard InChI is InChI=1S/C29H23N2O3S.Na.H2O/c1-19-26(30-28(33)34-20(2)22-6-4-3-5-7-22)27(35-31-19)25-11-10-23-16-21(8-9-24(23)17-25)12-13-29(18-32)14-15-29;;/h3-11,16-17,20H,14-15H2,1-2H3,(H,30,33);;1H2/q-1;+1;/p-1/t20-;;/m1../s1. The fraction of sp³-hybridized carbons (Fsp3) is 0.207. The predicted octanol–water partition coefficient (Wildman–Crippen LogP) is 3.65. The molecule has 182 valence electrons. The summed E-state index contributed by atoms with van der Waals surface area (Å²) in [6, 6.07) is 21.7. The van der Waals surface area contributed by atoms with Gasteiger partial charge in [0.2, 0.25) is 0 Å². The van der Waals surface area contributed by atoms with E-state index in [0.29, 0.717) is 5.69 Å². The van der Waals surface area contributed by atoms with Crippen molar-refractivity contribution < 1.29 is 49.4 Å². The molecule has 0 unspecified atom stereocenters. The average molecular weight is 520 g/mol. The number of nitrogens with zero attached hydrogens (tertiary/aromatic N) is 1. The Labute approximate surface area is 242 Å². The molecular weight excluding hydrogens is 495 g/mol. The first-order valence-corrected chi connectivity index (χ1v) is 12.2. The van der Waals surface area contributed by atoms with Gasteiger partial charge in [-0.3, -0.25) is 5.32 Å². The average Bonchev–Trinajstić information content (AvgIpc) is 3.59. The van der Waals surface area contributed by atoms with E-state index >= 15 is 0 Å². The summed E-state index contributed by atoms with van der Waals surface area (Å²) in [4.78, 5) is 24.6. The van der Waals surface area contributed by atoms with Crippen LogP contribution in [0.2, 0.25) is 0 Å². The molecule has 37 heavy (non-hydrogen) atoms. The van der Waals surface area contributed by atoms with E-state index in [1.165, 1.54) is 11.5 Å². The molecule has 0 saturated heterocycles. The zero-order valence-electron chi connectivity index (χ0n) is 20.9. The molecule has 2 N–H and O–H groups in total. The number of fused-ring (bicyclic) bond motifs is 1.